The standard InChI is InChI=1S/C19H23Cl2N3O2/c20-15-5-3-6-16(18(15)21)24-12-10-23(11-13-24)9-1-2-14-26-19-17(25)7-4-8-22-19/h3-8,25H,1-2,9-14H2. The molecule has 3 rings (SSSR count). The van der Waals surface area contributed by atoms with Gasteiger partial charge in [-0.3, -0.25) is 4.90 Å². The number of rotatable bonds is 7. The van der Waals surface area contributed by atoms with E-state index >= 15 is 0 Å². The summed E-state index contributed by atoms with van der Waals surface area (Å²) in [5.74, 6) is 0.391. The maximum atomic E-state index is 9.61. The molecule has 0 spiro atoms. The van der Waals surface area contributed by atoms with Crippen LogP contribution in [0.1, 0.15) is 12.8 Å². The number of nitrogens with zero attached hydrogens (tertiary/aromatic N) is 3. The fraction of sp³-hybridized carbons (Fsp3) is 0.421. The molecule has 1 fully saturated rings. The molecule has 2 heterocycles. The summed E-state index contributed by atoms with van der Waals surface area (Å²) in [6.45, 7) is 5.49. The summed E-state index contributed by atoms with van der Waals surface area (Å²) in [6.07, 6.45) is 3.59. The van der Waals surface area contributed by atoms with Crippen LogP contribution in [0.25, 0.3) is 0 Å². The number of ether oxygens (including phenoxy) is 1. The first-order valence-electron chi connectivity index (χ1n) is 8.83. The van der Waals surface area contributed by atoms with E-state index in [-0.39, 0.29) is 5.75 Å². The summed E-state index contributed by atoms with van der Waals surface area (Å²) in [7, 11) is 0. The summed E-state index contributed by atoms with van der Waals surface area (Å²) < 4.78 is 5.51. The summed E-state index contributed by atoms with van der Waals surface area (Å²) in [5.41, 5.74) is 1.02. The first-order valence-corrected chi connectivity index (χ1v) is 9.59. The van der Waals surface area contributed by atoms with Gasteiger partial charge < -0.3 is 14.7 Å². The van der Waals surface area contributed by atoms with Crippen molar-refractivity contribution in [3.63, 3.8) is 0 Å². The topological polar surface area (TPSA) is 48.8 Å². The van der Waals surface area contributed by atoms with Gasteiger partial charge in [0.15, 0.2) is 5.75 Å². The highest BCUT2D eigenvalue weighted by Crippen LogP contribution is 2.32. The molecule has 26 heavy (non-hydrogen) atoms. The third-order valence-corrected chi connectivity index (χ3v) is 5.31. The van der Waals surface area contributed by atoms with Gasteiger partial charge in [0, 0.05) is 32.4 Å². The van der Waals surface area contributed by atoms with Crippen molar-refractivity contribution < 1.29 is 9.84 Å². The second kappa shape index (κ2) is 9.31. The lowest BCUT2D eigenvalue weighted by Crippen LogP contribution is -2.46. The van der Waals surface area contributed by atoms with Crippen molar-refractivity contribution in [2.24, 2.45) is 0 Å². The number of hydrogen-bond donors (Lipinski definition) is 1. The molecular formula is C19H23Cl2N3O2. The van der Waals surface area contributed by atoms with Crippen LogP contribution in [-0.4, -0.2) is 54.3 Å². The fourth-order valence-electron chi connectivity index (χ4n) is 3.05. The van der Waals surface area contributed by atoms with Gasteiger partial charge in [-0.05, 0) is 43.7 Å². The van der Waals surface area contributed by atoms with E-state index < -0.39 is 0 Å². The van der Waals surface area contributed by atoms with E-state index in [1.165, 1.54) is 0 Å². The SMILES string of the molecule is Oc1cccnc1OCCCCN1CCN(c2cccc(Cl)c2Cl)CC1. The van der Waals surface area contributed by atoms with Crippen molar-refractivity contribution in [3.8, 4) is 11.6 Å². The number of anilines is 1. The number of benzene rings is 1. The molecule has 0 amide bonds. The normalized spacial score (nSPS) is 15.2. The molecule has 2 aromatic rings. The molecular weight excluding hydrogens is 373 g/mol. The van der Waals surface area contributed by atoms with Gasteiger partial charge in [0.2, 0.25) is 0 Å². The molecule has 0 radical (unpaired) electrons. The number of piperazine rings is 1. The van der Waals surface area contributed by atoms with Crippen molar-refractivity contribution in [1.82, 2.24) is 9.88 Å². The minimum Gasteiger partial charge on any atom is -0.503 e. The molecule has 0 unspecified atom stereocenters. The van der Waals surface area contributed by atoms with E-state index in [2.05, 4.69) is 14.8 Å². The van der Waals surface area contributed by atoms with Crippen LogP contribution in [0.2, 0.25) is 10.0 Å². The monoisotopic (exact) mass is 395 g/mol. The van der Waals surface area contributed by atoms with Gasteiger partial charge in [-0.2, -0.15) is 0 Å². The second-order valence-corrected chi connectivity index (χ2v) is 7.07. The molecule has 0 saturated carbocycles. The van der Waals surface area contributed by atoms with Gasteiger partial charge >= 0.3 is 0 Å². The number of pyridine rings is 1. The van der Waals surface area contributed by atoms with Crippen LogP contribution in [0.3, 0.4) is 0 Å². The first kappa shape index (κ1) is 19.1. The number of halogens is 2. The van der Waals surface area contributed by atoms with E-state index in [1.54, 1.807) is 18.3 Å². The van der Waals surface area contributed by atoms with Gasteiger partial charge in [0.1, 0.15) is 0 Å². The zero-order valence-corrected chi connectivity index (χ0v) is 16.1. The highest BCUT2D eigenvalue weighted by atomic mass is 35.5. The number of unbranched alkanes of at least 4 members (excludes halogenated alkanes) is 1. The lowest BCUT2D eigenvalue weighted by molar-refractivity contribution is 0.233. The average molecular weight is 396 g/mol. The van der Waals surface area contributed by atoms with Gasteiger partial charge in [-0.25, -0.2) is 4.98 Å². The van der Waals surface area contributed by atoms with Crippen LogP contribution in [-0.2, 0) is 0 Å². The molecule has 1 saturated heterocycles. The Bertz CT molecular complexity index is 722. The molecule has 7 heteroatoms. The third kappa shape index (κ3) is 4.93. The van der Waals surface area contributed by atoms with Crippen LogP contribution in [0, 0.1) is 0 Å². The summed E-state index contributed by atoms with van der Waals surface area (Å²) in [4.78, 5) is 8.75. The van der Waals surface area contributed by atoms with E-state index in [9.17, 15) is 5.11 Å². The van der Waals surface area contributed by atoms with Gasteiger partial charge in [-0.1, -0.05) is 29.3 Å². The smallest absolute Gasteiger partial charge is 0.256 e. The Labute approximate surface area is 164 Å². The van der Waals surface area contributed by atoms with E-state index in [0.29, 0.717) is 22.5 Å². The summed E-state index contributed by atoms with van der Waals surface area (Å²) >= 11 is 12.4. The largest absolute Gasteiger partial charge is 0.503 e. The Morgan fingerprint density at radius 3 is 2.62 bits per heavy atom. The predicted molar refractivity (Wildman–Crippen MR) is 106 cm³/mol. The first-order chi connectivity index (χ1) is 12.6. The molecule has 5 nitrogen and oxygen atoms in total. The third-order valence-electron chi connectivity index (χ3n) is 4.50. The highest BCUT2D eigenvalue weighted by molar-refractivity contribution is 6.43. The Morgan fingerprint density at radius 1 is 1.04 bits per heavy atom. The van der Waals surface area contributed by atoms with Crippen molar-refractivity contribution in [2.75, 3.05) is 44.2 Å². The van der Waals surface area contributed by atoms with Crippen molar-refractivity contribution in [3.05, 3.63) is 46.6 Å². The Balaban J connectivity index is 1.35. The molecule has 1 aliphatic heterocycles. The van der Waals surface area contributed by atoms with Crippen LogP contribution < -0.4 is 9.64 Å². The van der Waals surface area contributed by atoms with E-state index in [1.807, 2.05) is 18.2 Å². The maximum Gasteiger partial charge on any atom is 0.256 e. The maximum absolute atomic E-state index is 9.61. The van der Waals surface area contributed by atoms with Gasteiger partial charge in [0.25, 0.3) is 5.88 Å². The summed E-state index contributed by atoms with van der Waals surface area (Å²) in [6, 6.07) is 9.03. The molecule has 1 N–H and O–H groups in total. The van der Waals surface area contributed by atoms with Crippen LogP contribution in [0.4, 0.5) is 5.69 Å². The van der Waals surface area contributed by atoms with E-state index in [0.717, 1.165) is 51.3 Å². The molecule has 0 aliphatic carbocycles. The number of hydrogen-bond acceptors (Lipinski definition) is 5. The minimum absolute atomic E-state index is 0.0864. The second-order valence-electron chi connectivity index (χ2n) is 6.28. The molecule has 1 aromatic carbocycles. The number of aromatic nitrogens is 1. The highest BCUT2D eigenvalue weighted by Gasteiger charge is 2.19. The van der Waals surface area contributed by atoms with Crippen LogP contribution >= 0.6 is 23.2 Å². The van der Waals surface area contributed by atoms with Gasteiger partial charge in [0.05, 0.1) is 22.3 Å². The van der Waals surface area contributed by atoms with Gasteiger partial charge in [-0.15, -0.1) is 0 Å². The zero-order chi connectivity index (χ0) is 18.4. The number of aromatic hydroxyl groups is 1. The Morgan fingerprint density at radius 2 is 1.85 bits per heavy atom. The van der Waals surface area contributed by atoms with E-state index in [4.69, 9.17) is 27.9 Å². The van der Waals surface area contributed by atoms with Crippen molar-refractivity contribution in [1.29, 1.82) is 0 Å². The minimum atomic E-state index is 0.0864. The van der Waals surface area contributed by atoms with Crippen LogP contribution in [0.15, 0.2) is 36.5 Å². The molecule has 0 atom stereocenters. The Hall–Kier alpha value is -1.69. The Kier molecular flexibility index (Phi) is 6.83. The fourth-order valence-corrected chi connectivity index (χ4v) is 3.46. The quantitative estimate of drug-likeness (QED) is 0.715. The average Bonchev–Trinajstić information content (AvgIpc) is 2.66. The lowest BCUT2D eigenvalue weighted by Gasteiger charge is -2.36. The van der Waals surface area contributed by atoms with Crippen molar-refractivity contribution >= 4 is 28.9 Å². The van der Waals surface area contributed by atoms with Crippen molar-refractivity contribution in [2.45, 2.75) is 12.8 Å². The lowest BCUT2D eigenvalue weighted by atomic mass is 10.2. The van der Waals surface area contributed by atoms with Crippen LogP contribution in [0.5, 0.6) is 11.6 Å². The summed E-state index contributed by atoms with van der Waals surface area (Å²) in [5, 5.41) is 10.8. The molecule has 140 valence electrons. The zero-order valence-electron chi connectivity index (χ0n) is 14.6. The molecule has 1 aliphatic rings. The molecule has 0 bridgehead atoms. The predicted octanol–water partition coefficient (Wildman–Crippen LogP) is 4.08. The molecule has 1 aromatic heterocycles.